The van der Waals surface area contributed by atoms with Gasteiger partial charge >= 0.3 is 0 Å². The summed E-state index contributed by atoms with van der Waals surface area (Å²) in [5.41, 5.74) is 7.36. The third-order valence-electron chi connectivity index (χ3n) is 6.18. The summed E-state index contributed by atoms with van der Waals surface area (Å²) < 4.78 is 0. The number of anilines is 1. The standard InChI is InChI=1S/C28H32N4O3S/c29-14-5-15-30-28(35)23(19-20-10-11-21-6-1-2-7-22(21)18-20)31-26(33)12-16-32-24-8-3-4-9-25(24)36-17-13-27(32)34/h1-4,6-11,18,23H,5,12-17,19,29H2,(H,30,35)(H,31,33). The van der Waals surface area contributed by atoms with Crippen LogP contribution in [-0.2, 0) is 20.8 Å². The summed E-state index contributed by atoms with van der Waals surface area (Å²) in [4.78, 5) is 41.4. The van der Waals surface area contributed by atoms with Crippen LogP contribution in [0.3, 0.4) is 0 Å². The molecule has 4 rings (SSSR count). The number of benzene rings is 3. The van der Waals surface area contributed by atoms with Crippen molar-refractivity contribution in [1.29, 1.82) is 0 Å². The van der Waals surface area contributed by atoms with E-state index in [-0.39, 0.29) is 30.7 Å². The fourth-order valence-corrected chi connectivity index (χ4v) is 5.29. The van der Waals surface area contributed by atoms with Crippen molar-refractivity contribution in [2.24, 2.45) is 5.73 Å². The summed E-state index contributed by atoms with van der Waals surface area (Å²) in [5, 5.41) is 7.99. The predicted octanol–water partition coefficient (Wildman–Crippen LogP) is 3.25. The maximum atomic E-state index is 13.0. The maximum absolute atomic E-state index is 13.0. The Morgan fingerprint density at radius 1 is 1.03 bits per heavy atom. The van der Waals surface area contributed by atoms with Crippen LogP contribution in [0.5, 0.6) is 0 Å². The van der Waals surface area contributed by atoms with Gasteiger partial charge < -0.3 is 21.3 Å². The van der Waals surface area contributed by atoms with Gasteiger partial charge in [-0.15, -0.1) is 11.8 Å². The summed E-state index contributed by atoms with van der Waals surface area (Å²) in [6, 6.07) is 21.1. The highest BCUT2D eigenvalue weighted by Gasteiger charge is 2.25. The van der Waals surface area contributed by atoms with Gasteiger partial charge in [0.1, 0.15) is 6.04 Å². The lowest BCUT2D eigenvalue weighted by Gasteiger charge is -2.23. The molecule has 4 N–H and O–H groups in total. The molecule has 3 aromatic carbocycles. The number of nitrogens with zero attached hydrogens (tertiary/aromatic N) is 1. The van der Waals surface area contributed by atoms with E-state index in [9.17, 15) is 14.4 Å². The first-order valence-corrected chi connectivity index (χ1v) is 13.3. The Balaban J connectivity index is 1.44. The zero-order valence-corrected chi connectivity index (χ0v) is 21.1. The van der Waals surface area contributed by atoms with Crippen LogP contribution in [0.2, 0.25) is 0 Å². The lowest BCUT2D eigenvalue weighted by molar-refractivity contribution is -0.129. The quantitative estimate of drug-likeness (QED) is 0.368. The van der Waals surface area contributed by atoms with Crippen molar-refractivity contribution < 1.29 is 14.4 Å². The highest BCUT2D eigenvalue weighted by molar-refractivity contribution is 7.99. The second-order valence-corrected chi connectivity index (χ2v) is 9.94. The molecule has 0 saturated heterocycles. The highest BCUT2D eigenvalue weighted by atomic mass is 32.2. The highest BCUT2D eigenvalue weighted by Crippen LogP contribution is 2.34. The van der Waals surface area contributed by atoms with Crippen molar-refractivity contribution in [2.75, 3.05) is 30.3 Å². The normalized spacial score (nSPS) is 14.1. The van der Waals surface area contributed by atoms with E-state index >= 15 is 0 Å². The Bertz CT molecular complexity index is 1230. The zero-order chi connectivity index (χ0) is 25.3. The number of nitrogens with two attached hydrogens (primary N) is 1. The summed E-state index contributed by atoms with van der Waals surface area (Å²) in [6.07, 6.45) is 1.56. The number of hydrogen-bond donors (Lipinski definition) is 3. The molecule has 1 atom stereocenters. The van der Waals surface area contributed by atoms with Crippen LogP contribution in [0.4, 0.5) is 5.69 Å². The molecular weight excluding hydrogens is 472 g/mol. The van der Waals surface area contributed by atoms with E-state index < -0.39 is 6.04 Å². The van der Waals surface area contributed by atoms with E-state index in [0.717, 1.165) is 32.7 Å². The summed E-state index contributed by atoms with van der Waals surface area (Å²) >= 11 is 1.65. The first-order valence-electron chi connectivity index (χ1n) is 12.3. The average Bonchev–Trinajstić information content (AvgIpc) is 3.05. The topological polar surface area (TPSA) is 105 Å². The average molecular weight is 505 g/mol. The molecule has 0 saturated carbocycles. The van der Waals surface area contributed by atoms with Gasteiger partial charge in [0.25, 0.3) is 0 Å². The van der Waals surface area contributed by atoms with Gasteiger partial charge in [0, 0.05) is 43.0 Å². The molecule has 0 radical (unpaired) electrons. The van der Waals surface area contributed by atoms with Crippen molar-refractivity contribution in [1.82, 2.24) is 10.6 Å². The molecule has 3 aromatic rings. The predicted molar refractivity (Wildman–Crippen MR) is 145 cm³/mol. The van der Waals surface area contributed by atoms with Crippen LogP contribution in [0, 0.1) is 0 Å². The van der Waals surface area contributed by atoms with Crippen molar-refractivity contribution in [2.45, 2.75) is 36.6 Å². The van der Waals surface area contributed by atoms with Gasteiger partial charge in [0.15, 0.2) is 0 Å². The number of rotatable bonds is 10. The smallest absolute Gasteiger partial charge is 0.242 e. The number of fused-ring (bicyclic) bond motifs is 2. The fraction of sp³-hybridized carbons (Fsp3) is 0.321. The molecule has 1 heterocycles. The maximum Gasteiger partial charge on any atom is 0.242 e. The largest absolute Gasteiger partial charge is 0.354 e. The van der Waals surface area contributed by atoms with E-state index in [0.29, 0.717) is 32.4 Å². The number of thioether (sulfide) groups is 1. The second kappa shape index (κ2) is 12.6. The summed E-state index contributed by atoms with van der Waals surface area (Å²) in [5.74, 6) is 0.219. The number of para-hydroxylation sites is 1. The monoisotopic (exact) mass is 504 g/mol. The molecule has 1 unspecified atom stereocenters. The lowest BCUT2D eigenvalue weighted by atomic mass is 10.0. The van der Waals surface area contributed by atoms with E-state index in [1.54, 1.807) is 16.7 Å². The Morgan fingerprint density at radius 3 is 2.64 bits per heavy atom. The van der Waals surface area contributed by atoms with Crippen LogP contribution in [0.15, 0.2) is 71.6 Å². The van der Waals surface area contributed by atoms with Crippen LogP contribution < -0.4 is 21.3 Å². The molecule has 7 nitrogen and oxygen atoms in total. The van der Waals surface area contributed by atoms with Gasteiger partial charge in [-0.3, -0.25) is 14.4 Å². The van der Waals surface area contributed by atoms with Gasteiger partial charge in [-0.25, -0.2) is 0 Å². The number of nitrogens with one attached hydrogen (secondary N) is 2. The van der Waals surface area contributed by atoms with Crippen molar-refractivity contribution in [3.8, 4) is 0 Å². The van der Waals surface area contributed by atoms with E-state index in [1.165, 1.54) is 0 Å². The third-order valence-corrected chi connectivity index (χ3v) is 7.24. The minimum absolute atomic E-state index is 0.00694. The van der Waals surface area contributed by atoms with E-state index in [1.807, 2.05) is 66.7 Å². The molecule has 0 spiro atoms. The van der Waals surface area contributed by atoms with Gasteiger partial charge in [-0.2, -0.15) is 0 Å². The van der Waals surface area contributed by atoms with E-state index in [4.69, 9.17) is 5.73 Å². The van der Waals surface area contributed by atoms with Gasteiger partial charge in [0.05, 0.1) is 5.69 Å². The Hall–Kier alpha value is -3.36. The second-order valence-electron chi connectivity index (χ2n) is 8.80. The molecule has 3 amide bonds. The van der Waals surface area contributed by atoms with Gasteiger partial charge in [-0.1, -0.05) is 54.6 Å². The minimum atomic E-state index is -0.723. The lowest BCUT2D eigenvalue weighted by Crippen LogP contribution is -2.49. The minimum Gasteiger partial charge on any atom is -0.354 e. The fourth-order valence-electron chi connectivity index (χ4n) is 4.29. The molecule has 1 aliphatic rings. The SMILES string of the molecule is NCCCNC(=O)C(Cc1ccc2ccccc2c1)NC(=O)CCN1C(=O)CCSc2ccccc21. The third kappa shape index (κ3) is 6.65. The van der Waals surface area contributed by atoms with Crippen LogP contribution in [0.25, 0.3) is 10.8 Å². The first-order chi connectivity index (χ1) is 17.5. The summed E-state index contributed by atoms with van der Waals surface area (Å²) in [6.45, 7) is 1.20. The van der Waals surface area contributed by atoms with Crippen molar-refractivity contribution in [3.63, 3.8) is 0 Å². The molecule has 0 aliphatic carbocycles. The summed E-state index contributed by atoms with van der Waals surface area (Å²) in [7, 11) is 0. The molecular formula is C28H32N4O3S. The first kappa shape index (κ1) is 25.7. The van der Waals surface area contributed by atoms with Crippen LogP contribution in [-0.4, -0.2) is 49.2 Å². The number of amides is 3. The molecule has 188 valence electrons. The van der Waals surface area contributed by atoms with Gasteiger partial charge in [-0.05, 0) is 41.4 Å². The molecule has 0 aromatic heterocycles. The number of hydrogen-bond acceptors (Lipinski definition) is 5. The number of carbonyl (C=O) groups is 3. The molecule has 36 heavy (non-hydrogen) atoms. The Morgan fingerprint density at radius 2 is 1.81 bits per heavy atom. The molecule has 1 aliphatic heterocycles. The zero-order valence-electron chi connectivity index (χ0n) is 20.2. The van der Waals surface area contributed by atoms with Gasteiger partial charge in [0.2, 0.25) is 17.7 Å². The van der Waals surface area contributed by atoms with Crippen molar-refractivity contribution in [3.05, 3.63) is 72.3 Å². The van der Waals surface area contributed by atoms with Crippen LogP contribution >= 0.6 is 11.8 Å². The molecule has 0 bridgehead atoms. The van der Waals surface area contributed by atoms with E-state index in [2.05, 4.69) is 10.6 Å². The Labute approximate surface area is 215 Å². The molecule has 0 fully saturated rings. The molecule has 8 heteroatoms. The number of carbonyl (C=O) groups excluding carboxylic acids is 3. The van der Waals surface area contributed by atoms with Crippen molar-refractivity contribution >= 4 is 45.9 Å². The Kier molecular flexibility index (Phi) is 8.97. The van der Waals surface area contributed by atoms with Crippen LogP contribution in [0.1, 0.15) is 24.8 Å².